The lowest BCUT2D eigenvalue weighted by molar-refractivity contribution is 0.459. The molecule has 0 amide bonds. The molecule has 2 nitrogen and oxygen atoms in total. The predicted octanol–water partition coefficient (Wildman–Crippen LogP) is 4.10. The lowest BCUT2D eigenvalue weighted by Crippen LogP contribution is -2.26. The van der Waals surface area contributed by atoms with Gasteiger partial charge in [0.1, 0.15) is 0 Å². The van der Waals surface area contributed by atoms with Crippen LogP contribution in [-0.4, -0.2) is 18.1 Å². The standard InChI is InChI=1S/C12H13BrN2S2/c13-9-5-11(16-6-9)10-7-17-12(15-10)8-1-3-14-4-2-8/h5-8,14H,1-4H2. The van der Waals surface area contributed by atoms with Gasteiger partial charge in [-0.05, 0) is 47.9 Å². The number of thiazole rings is 1. The summed E-state index contributed by atoms with van der Waals surface area (Å²) in [6, 6.07) is 2.14. The number of hydrogen-bond acceptors (Lipinski definition) is 4. The Bertz CT molecular complexity index is 500. The normalized spacial score (nSPS) is 17.5. The molecule has 1 aliphatic heterocycles. The van der Waals surface area contributed by atoms with E-state index in [0.717, 1.165) is 23.3 Å². The number of hydrogen-bond donors (Lipinski definition) is 1. The fourth-order valence-corrected chi connectivity index (χ4v) is 4.56. The zero-order valence-electron chi connectivity index (χ0n) is 9.28. The van der Waals surface area contributed by atoms with Crippen molar-refractivity contribution >= 4 is 38.6 Å². The van der Waals surface area contributed by atoms with Crippen LogP contribution in [0, 0.1) is 0 Å². The molecular formula is C12H13BrN2S2. The Hall–Kier alpha value is -0.230. The number of thiophene rings is 1. The molecule has 3 heterocycles. The Morgan fingerprint density at radius 3 is 2.76 bits per heavy atom. The quantitative estimate of drug-likeness (QED) is 0.897. The van der Waals surface area contributed by atoms with E-state index in [4.69, 9.17) is 4.98 Å². The van der Waals surface area contributed by atoms with Gasteiger partial charge in [-0.2, -0.15) is 0 Å². The first-order chi connectivity index (χ1) is 8.33. The Kier molecular flexibility index (Phi) is 3.61. The smallest absolute Gasteiger partial charge is 0.0964 e. The molecule has 0 aliphatic carbocycles. The average Bonchev–Trinajstić information content (AvgIpc) is 2.98. The summed E-state index contributed by atoms with van der Waals surface area (Å²) in [5, 5.41) is 9.01. The van der Waals surface area contributed by atoms with Crippen LogP contribution in [0.25, 0.3) is 10.6 Å². The van der Waals surface area contributed by atoms with Crippen molar-refractivity contribution < 1.29 is 0 Å². The molecule has 1 N–H and O–H groups in total. The van der Waals surface area contributed by atoms with E-state index in [1.54, 1.807) is 11.3 Å². The van der Waals surface area contributed by atoms with Crippen molar-refractivity contribution in [3.63, 3.8) is 0 Å². The molecule has 1 aliphatic rings. The van der Waals surface area contributed by atoms with Crippen LogP contribution in [0.1, 0.15) is 23.8 Å². The summed E-state index contributed by atoms with van der Waals surface area (Å²) in [6.07, 6.45) is 2.45. The second kappa shape index (κ2) is 5.18. The molecule has 2 aromatic rings. The van der Waals surface area contributed by atoms with Crippen molar-refractivity contribution in [3.8, 4) is 10.6 Å². The van der Waals surface area contributed by atoms with E-state index in [-0.39, 0.29) is 0 Å². The third kappa shape index (κ3) is 2.62. The zero-order chi connectivity index (χ0) is 11.7. The maximum Gasteiger partial charge on any atom is 0.0964 e. The minimum Gasteiger partial charge on any atom is -0.317 e. The molecule has 2 aromatic heterocycles. The summed E-state index contributed by atoms with van der Waals surface area (Å²) in [5.74, 6) is 0.665. The maximum absolute atomic E-state index is 4.80. The van der Waals surface area contributed by atoms with E-state index < -0.39 is 0 Å². The molecule has 90 valence electrons. The van der Waals surface area contributed by atoms with E-state index in [0.29, 0.717) is 5.92 Å². The molecule has 3 rings (SSSR count). The van der Waals surface area contributed by atoms with Crippen LogP contribution in [0.5, 0.6) is 0 Å². The molecule has 1 fully saturated rings. The average molecular weight is 329 g/mol. The third-order valence-electron chi connectivity index (χ3n) is 3.03. The number of nitrogens with zero attached hydrogens (tertiary/aromatic N) is 1. The largest absolute Gasteiger partial charge is 0.317 e. The predicted molar refractivity (Wildman–Crippen MR) is 78.0 cm³/mol. The second-order valence-corrected chi connectivity index (χ2v) is 6.94. The summed E-state index contributed by atoms with van der Waals surface area (Å²) >= 11 is 7.05. The fourth-order valence-electron chi connectivity index (χ4n) is 2.10. The minimum atomic E-state index is 0.665. The molecule has 0 unspecified atom stereocenters. The Morgan fingerprint density at radius 1 is 1.24 bits per heavy atom. The van der Waals surface area contributed by atoms with Crippen LogP contribution in [0.15, 0.2) is 21.3 Å². The van der Waals surface area contributed by atoms with Gasteiger partial charge in [-0.25, -0.2) is 4.98 Å². The summed E-state index contributed by atoms with van der Waals surface area (Å²) < 4.78 is 1.15. The first kappa shape index (κ1) is 11.8. The Balaban J connectivity index is 1.82. The molecular weight excluding hydrogens is 316 g/mol. The van der Waals surface area contributed by atoms with Crippen LogP contribution in [0.3, 0.4) is 0 Å². The van der Waals surface area contributed by atoms with E-state index in [1.165, 1.54) is 22.7 Å². The first-order valence-electron chi connectivity index (χ1n) is 5.73. The van der Waals surface area contributed by atoms with Gasteiger partial charge in [0.2, 0.25) is 0 Å². The summed E-state index contributed by atoms with van der Waals surface area (Å²) in [6.45, 7) is 2.26. The number of aromatic nitrogens is 1. The highest BCUT2D eigenvalue weighted by Crippen LogP contribution is 2.34. The molecule has 0 atom stereocenters. The highest BCUT2D eigenvalue weighted by atomic mass is 79.9. The maximum atomic E-state index is 4.80. The topological polar surface area (TPSA) is 24.9 Å². The van der Waals surface area contributed by atoms with Crippen LogP contribution < -0.4 is 5.32 Å². The van der Waals surface area contributed by atoms with Gasteiger partial charge >= 0.3 is 0 Å². The Morgan fingerprint density at radius 2 is 2.06 bits per heavy atom. The van der Waals surface area contributed by atoms with Crippen LogP contribution in [-0.2, 0) is 0 Å². The van der Waals surface area contributed by atoms with E-state index in [1.807, 2.05) is 11.3 Å². The SMILES string of the molecule is Brc1csc(-c2csc(C3CCNCC3)n2)c1. The third-order valence-corrected chi connectivity index (χ3v) is 5.75. The van der Waals surface area contributed by atoms with Crippen molar-refractivity contribution in [2.24, 2.45) is 0 Å². The Labute approximate surface area is 117 Å². The summed E-state index contributed by atoms with van der Waals surface area (Å²) in [5.41, 5.74) is 1.14. The van der Waals surface area contributed by atoms with Crippen molar-refractivity contribution in [2.75, 3.05) is 13.1 Å². The second-order valence-electron chi connectivity index (χ2n) is 4.22. The van der Waals surface area contributed by atoms with Crippen molar-refractivity contribution in [1.29, 1.82) is 0 Å². The van der Waals surface area contributed by atoms with Gasteiger partial charge in [-0.3, -0.25) is 0 Å². The van der Waals surface area contributed by atoms with Gasteiger partial charge in [0.15, 0.2) is 0 Å². The number of nitrogens with one attached hydrogen (secondary N) is 1. The highest BCUT2D eigenvalue weighted by Gasteiger charge is 2.18. The molecule has 0 aromatic carbocycles. The monoisotopic (exact) mass is 328 g/mol. The lowest BCUT2D eigenvalue weighted by atomic mass is 9.99. The number of rotatable bonds is 2. The molecule has 5 heteroatoms. The van der Waals surface area contributed by atoms with Crippen LogP contribution in [0.4, 0.5) is 0 Å². The highest BCUT2D eigenvalue weighted by molar-refractivity contribution is 9.10. The number of halogens is 1. The van der Waals surface area contributed by atoms with Crippen molar-refractivity contribution in [1.82, 2.24) is 10.3 Å². The summed E-state index contributed by atoms with van der Waals surface area (Å²) in [4.78, 5) is 6.06. The van der Waals surface area contributed by atoms with Gasteiger partial charge in [0.25, 0.3) is 0 Å². The molecule has 0 saturated carbocycles. The minimum absolute atomic E-state index is 0.665. The van der Waals surface area contributed by atoms with Crippen LogP contribution in [0.2, 0.25) is 0 Å². The number of piperidine rings is 1. The summed E-state index contributed by atoms with van der Waals surface area (Å²) in [7, 11) is 0. The molecule has 1 saturated heterocycles. The first-order valence-corrected chi connectivity index (χ1v) is 8.29. The van der Waals surface area contributed by atoms with Crippen LogP contribution >= 0.6 is 38.6 Å². The fraction of sp³-hybridized carbons (Fsp3) is 0.417. The molecule has 17 heavy (non-hydrogen) atoms. The molecule has 0 spiro atoms. The van der Waals surface area contributed by atoms with E-state index in [9.17, 15) is 0 Å². The van der Waals surface area contributed by atoms with Gasteiger partial charge in [-0.15, -0.1) is 22.7 Å². The van der Waals surface area contributed by atoms with Gasteiger partial charge in [-0.1, -0.05) is 0 Å². The molecule has 0 radical (unpaired) electrons. The van der Waals surface area contributed by atoms with E-state index in [2.05, 4.69) is 38.1 Å². The van der Waals surface area contributed by atoms with Crippen molar-refractivity contribution in [3.05, 3.63) is 26.3 Å². The van der Waals surface area contributed by atoms with Gasteiger partial charge in [0, 0.05) is 21.2 Å². The molecule has 0 bridgehead atoms. The van der Waals surface area contributed by atoms with Gasteiger partial charge < -0.3 is 5.32 Å². The lowest BCUT2D eigenvalue weighted by Gasteiger charge is -2.20. The van der Waals surface area contributed by atoms with E-state index >= 15 is 0 Å². The van der Waals surface area contributed by atoms with Crippen molar-refractivity contribution in [2.45, 2.75) is 18.8 Å². The van der Waals surface area contributed by atoms with Gasteiger partial charge in [0.05, 0.1) is 15.6 Å². The zero-order valence-corrected chi connectivity index (χ0v) is 12.5.